The summed E-state index contributed by atoms with van der Waals surface area (Å²) in [6.45, 7) is 0. The molecule has 1 amide bonds. The van der Waals surface area contributed by atoms with Crippen molar-refractivity contribution in [2.24, 2.45) is 5.73 Å². The Morgan fingerprint density at radius 3 is 2.10 bits per heavy atom. The van der Waals surface area contributed by atoms with E-state index in [9.17, 15) is 27.5 Å². The van der Waals surface area contributed by atoms with Crippen molar-refractivity contribution in [1.82, 2.24) is 0 Å². The van der Waals surface area contributed by atoms with Gasteiger partial charge in [0.15, 0.2) is 5.60 Å². The maximum absolute atomic E-state index is 14.8. The molecular weight excluding hydrogens is 388 g/mol. The molecule has 4 nitrogen and oxygen atoms in total. The van der Waals surface area contributed by atoms with Crippen LogP contribution in [0.5, 0.6) is 0 Å². The van der Waals surface area contributed by atoms with E-state index in [2.05, 4.69) is 5.32 Å². The zero-order valence-electron chi connectivity index (χ0n) is 14.9. The summed E-state index contributed by atoms with van der Waals surface area (Å²) in [5.74, 6) is -2.20. The van der Waals surface area contributed by atoms with Gasteiger partial charge >= 0.3 is 6.18 Å². The molecule has 3 aromatic carbocycles. The maximum Gasteiger partial charge on any atom is 0.418 e. The van der Waals surface area contributed by atoms with Crippen LogP contribution < -0.4 is 11.1 Å². The van der Waals surface area contributed by atoms with Gasteiger partial charge in [0, 0.05) is 11.3 Å². The molecule has 29 heavy (non-hydrogen) atoms. The Morgan fingerprint density at radius 2 is 1.52 bits per heavy atom. The number of hydrogen-bond donors (Lipinski definition) is 3. The summed E-state index contributed by atoms with van der Waals surface area (Å²) in [5.41, 5.74) is 1.38. The summed E-state index contributed by atoms with van der Waals surface area (Å²) >= 11 is 0. The van der Waals surface area contributed by atoms with Crippen LogP contribution in [0.15, 0.2) is 72.8 Å². The van der Waals surface area contributed by atoms with Gasteiger partial charge in [-0.1, -0.05) is 48.5 Å². The van der Waals surface area contributed by atoms with Gasteiger partial charge in [-0.3, -0.25) is 4.79 Å². The van der Waals surface area contributed by atoms with Gasteiger partial charge in [0.1, 0.15) is 5.82 Å². The summed E-state index contributed by atoms with van der Waals surface area (Å²) < 4.78 is 54.2. The van der Waals surface area contributed by atoms with Crippen molar-refractivity contribution >= 4 is 17.3 Å². The molecule has 0 saturated carbocycles. The summed E-state index contributed by atoms with van der Waals surface area (Å²) in [4.78, 5) is 12.0. The van der Waals surface area contributed by atoms with Crippen LogP contribution in [-0.2, 0) is 16.6 Å². The monoisotopic (exact) mass is 404 g/mol. The van der Waals surface area contributed by atoms with E-state index < -0.39 is 34.6 Å². The number of carbonyl (C=O) groups is 1. The summed E-state index contributed by atoms with van der Waals surface area (Å²) in [6, 6.07) is 15.6. The SMILES string of the molecule is NC(=O)C(O)(c1ccccc1)c1ccc(Nc2ccccc2C(F)(F)F)cc1F. The van der Waals surface area contributed by atoms with E-state index in [-0.39, 0.29) is 16.9 Å². The largest absolute Gasteiger partial charge is 0.418 e. The molecule has 0 fully saturated rings. The number of nitrogens with two attached hydrogens (primary N) is 1. The lowest BCUT2D eigenvalue weighted by molar-refractivity contribution is -0.137. The molecule has 0 bridgehead atoms. The molecule has 0 aromatic heterocycles. The molecule has 3 rings (SSSR count). The molecule has 0 aliphatic carbocycles. The van der Waals surface area contributed by atoms with Crippen molar-refractivity contribution in [3.63, 3.8) is 0 Å². The van der Waals surface area contributed by atoms with Gasteiger partial charge in [-0.05, 0) is 29.8 Å². The Hall–Kier alpha value is -3.39. The Balaban J connectivity index is 2.01. The second kappa shape index (κ2) is 7.56. The lowest BCUT2D eigenvalue weighted by atomic mass is 9.85. The normalized spacial score (nSPS) is 13.6. The zero-order valence-corrected chi connectivity index (χ0v) is 14.9. The molecule has 8 heteroatoms. The van der Waals surface area contributed by atoms with Crippen LogP contribution >= 0.6 is 0 Å². The average molecular weight is 404 g/mol. The molecular formula is C21H16F4N2O2. The molecule has 0 radical (unpaired) electrons. The van der Waals surface area contributed by atoms with E-state index in [1.54, 1.807) is 18.2 Å². The first-order valence-electron chi connectivity index (χ1n) is 8.45. The van der Waals surface area contributed by atoms with Crippen LogP contribution in [0.25, 0.3) is 0 Å². The molecule has 1 unspecified atom stereocenters. The van der Waals surface area contributed by atoms with Gasteiger partial charge in [0.25, 0.3) is 5.91 Å². The Labute approximate surface area is 163 Å². The van der Waals surface area contributed by atoms with E-state index in [0.717, 1.165) is 18.2 Å². The van der Waals surface area contributed by atoms with E-state index >= 15 is 0 Å². The van der Waals surface area contributed by atoms with E-state index in [1.807, 2.05) is 0 Å². The number of nitrogens with one attached hydrogen (secondary N) is 1. The predicted molar refractivity (Wildman–Crippen MR) is 99.8 cm³/mol. The number of aliphatic hydroxyl groups is 1. The highest BCUT2D eigenvalue weighted by Crippen LogP contribution is 2.37. The van der Waals surface area contributed by atoms with Gasteiger partial charge in [-0.2, -0.15) is 13.2 Å². The Kier molecular flexibility index (Phi) is 5.30. The van der Waals surface area contributed by atoms with Crippen molar-refractivity contribution in [3.05, 3.63) is 95.3 Å². The van der Waals surface area contributed by atoms with E-state index in [0.29, 0.717) is 0 Å². The van der Waals surface area contributed by atoms with Gasteiger partial charge in [0.2, 0.25) is 0 Å². The molecule has 4 N–H and O–H groups in total. The van der Waals surface area contributed by atoms with E-state index in [4.69, 9.17) is 5.73 Å². The fourth-order valence-corrected chi connectivity index (χ4v) is 2.99. The Bertz CT molecular complexity index is 1040. The first-order valence-corrected chi connectivity index (χ1v) is 8.45. The van der Waals surface area contributed by atoms with Crippen LogP contribution in [0.3, 0.4) is 0 Å². The maximum atomic E-state index is 14.8. The molecule has 0 spiro atoms. The van der Waals surface area contributed by atoms with Crippen molar-refractivity contribution in [2.75, 3.05) is 5.32 Å². The number of anilines is 2. The number of amides is 1. The number of para-hydroxylation sites is 1. The molecule has 0 aliphatic heterocycles. The fraction of sp³-hybridized carbons (Fsp3) is 0.0952. The lowest BCUT2D eigenvalue weighted by Gasteiger charge is -2.26. The van der Waals surface area contributed by atoms with Gasteiger partial charge in [-0.25, -0.2) is 4.39 Å². The number of halogens is 4. The molecule has 0 heterocycles. The van der Waals surface area contributed by atoms with Gasteiger partial charge in [-0.15, -0.1) is 0 Å². The van der Waals surface area contributed by atoms with Crippen LogP contribution in [0.1, 0.15) is 16.7 Å². The van der Waals surface area contributed by atoms with Crippen molar-refractivity contribution in [2.45, 2.75) is 11.8 Å². The minimum atomic E-state index is -4.60. The number of benzene rings is 3. The van der Waals surface area contributed by atoms with Crippen molar-refractivity contribution in [3.8, 4) is 0 Å². The molecule has 3 aromatic rings. The summed E-state index contributed by atoms with van der Waals surface area (Å²) in [5, 5.41) is 13.4. The number of alkyl halides is 3. The standard InChI is InChI=1S/C21H16F4N2O2/c22-17-12-14(27-18-9-5-4-8-16(18)21(23,24)25)10-11-15(17)20(29,19(26)28)13-6-2-1-3-7-13/h1-12,27,29H,(H2,26,28). The minimum Gasteiger partial charge on any atom is -0.372 e. The van der Waals surface area contributed by atoms with Crippen LogP contribution in [0.2, 0.25) is 0 Å². The number of rotatable bonds is 5. The second-order valence-electron chi connectivity index (χ2n) is 6.30. The van der Waals surface area contributed by atoms with Crippen molar-refractivity contribution < 1.29 is 27.5 Å². The van der Waals surface area contributed by atoms with E-state index in [1.165, 1.54) is 36.4 Å². The fourth-order valence-electron chi connectivity index (χ4n) is 2.99. The number of hydrogen-bond acceptors (Lipinski definition) is 3. The Morgan fingerprint density at radius 1 is 0.897 bits per heavy atom. The van der Waals surface area contributed by atoms with Crippen LogP contribution in [0.4, 0.5) is 28.9 Å². The molecule has 150 valence electrons. The van der Waals surface area contributed by atoms with Gasteiger partial charge in [0.05, 0.1) is 11.3 Å². The quantitative estimate of drug-likeness (QED) is 0.555. The molecule has 1 atom stereocenters. The second-order valence-corrected chi connectivity index (χ2v) is 6.30. The number of carbonyl (C=O) groups excluding carboxylic acids is 1. The highest BCUT2D eigenvalue weighted by molar-refractivity contribution is 5.89. The predicted octanol–water partition coefficient (Wildman–Crippen LogP) is 4.31. The van der Waals surface area contributed by atoms with Crippen LogP contribution in [-0.4, -0.2) is 11.0 Å². The first-order chi connectivity index (χ1) is 13.6. The third kappa shape index (κ3) is 3.93. The van der Waals surface area contributed by atoms with Crippen molar-refractivity contribution in [1.29, 1.82) is 0 Å². The lowest BCUT2D eigenvalue weighted by Crippen LogP contribution is -2.42. The zero-order chi connectivity index (χ0) is 21.2. The van der Waals surface area contributed by atoms with Gasteiger partial charge < -0.3 is 16.2 Å². The topological polar surface area (TPSA) is 75.4 Å². The average Bonchev–Trinajstić information content (AvgIpc) is 2.67. The first kappa shape index (κ1) is 20.3. The third-order valence-electron chi connectivity index (χ3n) is 4.42. The molecule has 0 saturated heterocycles. The highest BCUT2D eigenvalue weighted by atomic mass is 19.4. The number of primary amides is 1. The summed E-state index contributed by atoms with van der Waals surface area (Å²) in [7, 11) is 0. The smallest absolute Gasteiger partial charge is 0.372 e. The third-order valence-corrected chi connectivity index (χ3v) is 4.42. The minimum absolute atomic E-state index is 0.00262. The highest BCUT2D eigenvalue weighted by Gasteiger charge is 2.40. The molecule has 0 aliphatic rings. The summed E-state index contributed by atoms with van der Waals surface area (Å²) in [6.07, 6.45) is -4.60. The van der Waals surface area contributed by atoms with Crippen LogP contribution in [0, 0.1) is 5.82 Å².